The van der Waals surface area contributed by atoms with Crippen LogP contribution < -0.4 is 9.64 Å². The lowest BCUT2D eigenvalue weighted by molar-refractivity contribution is -0.137. The number of benzene rings is 2. The highest BCUT2D eigenvalue weighted by atomic mass is 79.9. The summed E-state index contributed by atoms with van der Waals surface area (Å²) in [6, 6.07) is 13.8. The standard InChI is InChI=1S/C19H20BrNO3/c1-13-11-17(8-9-18(13)20)24-16-6-4-14(5-7-16)21-10-2-3-15(21)12-19(22)23/h4-9,11,15H,2-3,10,12H2,1H3,(H,22,23). The van der Waals surface area contributed by atoms with Crippen molar-refractivity contribution in [1.29, 1.82) is 0 Å². The molecule has 1 atom stereocenters. The number of carbonyl (C=O) groups is 1. The maximum Gasteiger partial charge on any atom is 0.305 e. The molecule has 1 aliphatic heterocycles. The smallest absolute Gasteiger partial charge is 0.305 e. The number of carboxylic acids is 1. The second-order valence-corrected chi connectivity index (χ2v) is 6.95. The maximum absolute atomic E-state index is 11.0. The topological polar surface area (TPSA) is 49.8 Å². The van der Waals surface area contributed by atoms with Crippen LogP contribution in [0.25, 0.3) is 0 Å². The van der Waals surface area contributed by atoms with Crippen LogP contribution in [0.4, 0.5) is 5.69 Å². The minimum Gasteiger partial charge on any atom is -0.481 e. The summed E-state index contributed by atoms with van der Waals surface area (Å²) in [6.07, 6.45) is 2.16. The molecule has 0 aromatic heterocycles. The van der Waals surface area contributed by atoms with Gasteiger partial charge in [0, 0.05) is 22.7 Å². The number of halogens is 1. The van der Waals surface area contributed by atoms with E-state index in [-0.39, 0.29) is 12.5 Å². The number of anilines is 1. The van der Waals surface area contributed by atoms with Gasteiger partial charge in [-0.2, -0.15) is 0 Å². The molecule has 1 saturated heterocycles. The molecule has 0 spiro atoms. The monoisotopic (exact) mass is 389 g/mol. The predicted molar refractivity (Wildman–Crippen MR) is 98.0 cm³/mol. The Morgan fingerprint density at radius 1 is 1.25 bits per heavy atom. The summed E-state index contributed by atoms with van der Waals surface area (Å²) >= 11 is 3.48. The van der Waals surface area contributed by atoms with Gasteiger partial charge < -0.3 is 14.7 Å². The van der Waals surface area contributed by atoms with E-state index in [1.807, 2.05) is 49.4 Å². The molecule has 126 valence electrons. The van der Waals surface area contributed by atoms with Gasteiger partial charge in [-0.25, -0.2) is 0 Å². The summed E-state index contributed by atoms with van der Waals surface area (Å²) < 4.78 is 6.95. The first-order valence-electron chi connectivity index (χ1n) is 8.05. The van der Waals surface area contributed by atoms with Gasteiger partial charge in [0.15, 0.2) is 0 Å². The lowest BCUT2D eigenvalue weighted by Crippen LogP contribution is -2.31. The summed E-state index contributed by atoms with van der Waals surface area (Å²) in [6.45, 7) is 2.93. The molecule has 0 saturated carbocycles. The first kappa shape index (κ1) is 16.8. The van der Waals surface area contributed by atoms with Crippen LogP contribution in [-0.2, 0) is 4.79 Å². The lowest BCUT2D eigenvalue weighted by atomic mass is 10.1. The van der Waals surface area contributed by atoms with Gasteiger partial charge in [-0.1, -0.05) is 15.9 Å². The second kappa shape index (κ2) is 7.26. The van der Waals surface area contributed by atoms with E-state index in [1.165, 1.54) is 0 Å². The zero-order chi connectivity index (χ0) is 17.1. The largest absolute Gasteiger partial charge is 0.481 e. The zero-order valence-electron chi connectivity index (χ0n) is 13.5. The molecule has 1 N–H and O–H groups in total. The average molecular weight is 390 g/mol. The van der Waals surface area contributed by atoms with E-state index in [1.54, 1.807) is 0 Å². The Bertz CT molecular complexity index is 730. The molecule has 24 heavy (non-hydrogen) atoms. The van der Waals surface area contributed by atoms with Crippen LogP contribution >= 0.6 is 15.9 Å². The van der Waals surface area contributed by atoms with E-state index >= 15 is 0 Å². The van der Waals surface area contributed by atoms with Crippen molar-refractivity contribution in [3.05, 3.63) is 52.5 Å². The molecule has 4 nitrogen and oxygen atoms in total. The highest BCUT2D eigenvalue weighted by Crippen LogP contribution is 2.31. The number of aliphatic carboxylic acids is 1. The minimum atomic E-state index is -0.738. The first-order valence-corrected chi connectivity index (χ1v) is 8.85. The average Bonchev–Trinajstić information content (AvgIpc) is 2.99. The van der Waals surface area contributed by atoms with Crippen LogP contribution in [0.3, 0.4) is 0 Å². The molecule has 0 amide bonds. The van der Waals surface area contributed by atoms with Gasteiger partial charge in [-0.15, -0.1) is 0 Å². The van der Waals surface area contributed by atoms with Crippen molar-refractivity contribution in [2.75, 3.05) is 11.4 Å². The van der Waals surface area contributed by atoms with Gasteiger partial charge in [-0.05, 0) is 67.8 Å². The highest BCUT2D eigenvalue weighted by molar-refractivity contribution is 9.10. The van der Waals surface area contributed by atoms with Crippen LogP contribution in [-0.4, -0.2) is 23.7 Å². The van der Waals surface area contributed by atoms with Crippen molar-refractivity contribution in [3.63, 3.8) is 0 Å². The summed E-state index contributed by atoms with van der Waals surface area (Å²) in [5.74, 6) is 0.834. The molecule has 0 radical (unpaired) electrons. The zero-order valence-corrected chi connectivity index (χ0v) is 15.1. The Morgan fingerprint density at radius 3 is 2.62 bits per heavy atom. The van der Waals surface area contributed by atoms with Gasteiger partial charge >= 0.3 is 5.97 Å². The predicted octanol–water partition coefficient (Wildman–Crippen LogP) is 4.99. The second-order valence-electron chi connectivity index (χ2n) is 6.09. The van der Waals surface area contributed by atoms with E-state index in [0.29, 0.717) is 0 Å². The van der Waals surface area contributed by atoms with Gasteiger partial charge in [-0.3, -0.25) is 4.79 Å². The van der Waals surface area contributed by atoms with E-state index in [0.717, 1.165) is 46.6 Å². The van der Waals surface area contributed by atoms with Crippen molar-refractivity contribution in [2.45, 2.75) is 32.2 Å². The fraction of sp³-hybridized carbons (Fsp3) is 0.316. The SMILES string of the molecule is Cc1cc(Oc2ccc(N3CCCC3CC(=O)O)cc2)ccc1Br. The Kier molecular flexibility index (Phi) is 5.09. The van der Waals surface area contributed by atoms with E-state index in [4.69, 9.17) is 9.84 Å². The number of hydrogen-bond acceptors (Lipinski definition) is 3. The van der Waals surface area contributed by atoms with Crippen LogP contribution in [0.1, 0.15) is 24.8 Å². The molecule has 0 aliphatic carbocycles. The Morgan fingerprint density at radius 2 is 1.96 bits per heavy atom. The normalized spacial score (nSPS) is 17.1. The third-order valence-corrected chi connectivity index (χ3v) is 5.21. The number of rotatable bonds is 5. The quantitative estimate of drug-likeness (QED) is 0.781. The third-order valence-electron chi connectivity index (χ3n) is 4.32. The van der Waals surface area contributed by atoms with Gasteiger partial charge in [0.2, 0.25) is 0 Å². The number of aryl methyl sites for hydroxylation is 1. The number of nitrogens with zero attached hydrogens (tertiary/aromatic N) is 1. The fourth-order valence-electron chi connectivity index (χ4n) is 3.11. The molecule has 0 bridgehead atoms. The Labute approximate surface area is 150 Å². The molecule has 1 fully saturated rings. The highest BCUT2D eigenvalue weighted by Gasteiger charge is 2.26. The van der Waals surface area contributed by atoms with Gasteiger partial charge in [0.05, 0.1) is 6.42 Å². The molecule has 5 heteroatoms. The summed E-state index contributed by atoms with van der Waals surface area (Å²) in [7, 11) is 0. The van der Waals surface area contributed by atoms with Crippen LogP contribution in [0.2, 0.25) is 0 Å². The van der Waals surface area contributed by atoms with Crippen molar-refractivity contribution >= 4 is 27.6 Å². The molecule has 3 rings (SSSR count). The van der Waals surface area contributed by atoms with Crippen molar-refractivity contribution in [2.24, 2.45) is 0 Å². The first-order chi connectivity index (χ1) is 11.5. The molecule has 1 unspecified atom stereocenters. The van der Waals surface area contributed by atoms with Gasteiger partial charge in [0.1, 0.15) is 11.5 Å². The van der Waals surface area contributed by atoms with E-state index in [9.17, 15) is 4.79 Å². The number of ether oxygens (including phenoxy) is 1. The van der Waals surface area contributed by atoms with Crippen molar-refractivity contribution in [3.8, 4) is 11.5 Å². The fourth-order valence-corrected chi connectivity index (χ4v) is 3.36. The summed E-state index contributed by atoms with van der Waals surface area (Å²) in [5.41, 5.74) is 2.18. The van der Waals surface area contributed by atoms with Crippen LogP contribution in [0, 0.1) is 6.92 Å². The Hall–Kier alpha value is -2.01. The van der Waals surface area contributed by atoms with Crippen molar-refractivity contribution < 1.29 is 14.6 Å². The molecular formula is C19H20BrNO3. The van der Waals surface area contributed by atoms with Crippen molar-refractivity contribution in [1.82, 2.24) is 0 Å². The molecule has 2 aromatic rings. The number of carboxylic acid groups (broad SMARTS) is 1. The van der Waals surface area contributed by atoms with Crippen LogP contribution in [0.5, 0.6) is 11.5 Å². The third kappa shape index (κ3) is 3.90. The van der Waals surface area contributed by atoms with E-state index < -0.39 is 5.97 Å². The Balaban J connectivity index is 1.70. The number of hydrogen-bond donors (Lipinski definition) is 1. The lowest BCUT2D eigenvalue weighted by Gasteiger charge is -2.25. The molecule has 1 aliphatic rings. The molecular weight excluding hydrogens is 370 g/mol. The summed E-state index contributed by atoms with van der Waals surface area (Å²) in [4.78, 5) is 13.2. The summed E-state index contributed by atoms with van der Waals surface area (Å²) in [5, 5.41) is 9.04. The van der Waals surface area contributed by atoms with Crippen LogP contribution in [0.15, 0.2) is 46.9 Å². The van der Waals surface area contributed by atoms with E-state index in [2.05, 4.69) is 20.8 Å². The minimum absolute atomic E-state index is 0.0865. The molecule has 2 aromatic carbocycles. The van der Waals surface area contributed by atoms with Gasteiger partial charge in [0.25, 0.3) is 0 Å². The maximum atomic E-state index is 11.0. The molecule has 1 heterocycles.